The van der Waals surface area contributed by atoms with Gasteiger partial charge in [0, 0.05) is 13.3 Å². The standard InChI is InChI=1S/C25H25NO5/c1-17-11-23(31-16-29-3)12-18(2)25(17)20-6-4-5-19(13-20)14-26-21-7-9-22(10-8-21)30-15-24(27)28/h4-14H,15-16H2,1-3H3,(H,27,28). The molecule has 6 heteroatoms. The van der Waals surface area contributed by atoms with E-state index in [-0.39, 0.29) is 13.4 Å². The fourth-order valence-electron chi connectivity index (χ4n) is 3.29. The molecule has 0 amide bonds. The highest BCUT2D eigenvalue weighted by atomic mass is 16.7. The van der Waals surface area contributed by atoms with Crippen LogP contribution in [0, 0.1) is 13.8 Å². The summed E-state index contributed by atoms with van der Waals surface area (Å²) in [6.45, 7) is 3.98. The zero-order chi connectivity index (χ0) is 22.2. The number of aliphatic carboxylic acids is 1. The van der Waals surface area contributed by atoms with Crippen molar-refractivity contribution >= 4 is 17.9 Å². The van der Waals surface area contributed by atoms with Crippen LogP contribution in [0.5, 0.6) is 11.5 Å². The summed E-state index contributed by atoms with van der Waals surface area (Å²) in [5, 5.41) is 8.67. The molecule has 3 rings (SSSR count). The minimum absolute atomic E-state index is 0.219. The number of rotatable bonds is 9. The van der Waals surface area contributed by atoms with Crippen molar-refractivity contribution in [3.63, 3.8) is 0 Å². The van der Waals surface area contributed by atoms with Crippen LogP contribution in [-0.2, 0) is 9.53 Å². The molecular formula is C25H25NO5. The average Bonchev–Trinajstić information content (AvgIpc) is 2.75. The van der Waals surface area contributed by atoms with Gasteiger partial charge in [0.15, 0.2) is 13.4 Å². The predicted octanol–water partition coefficient (Wildman–Crippen LogP) is 5.17. The molecule has 0 spiro atoms. The Morgan fingerprint density at radius 2 is 1.68 bits per heavy atom. The molecule has 0 aliphatic rings. The first-order chi connectivity index (χ1) is 15.0. The average molecular weight is 419 g/mol. The fourth-order valence-corrected chi connectivity index (χ4v) is 3.29. The van der Waals surface area contributed by atoms with Gasteiger partial charge in [-0.15, -0.1) is 0 Å². The zero-order valence-corrected chi connectivity index (χ0v) is 17.8. The van der Waals surface area contributed by atoms with E-state index in [1.165, 1.54) is 5.56 Å². The number of ether oxygens (including phenoxy) is 3. The van der Waals surface area contributed by atoms with Gasteiger partial charge in [0.25, 0.3) is 0 Å². The monoisotopic (exact) mass is 419 g/mol. The van der Waals surface area contributed by atoms with Gasteiger partial charge in [-0.25, -0.2) is 4.79 Å². The lowest BCUT2D eigenvalue weighted by atomic mass is 9.94. The lowest BCUT2D eigenvalue weighted by Crippen LogP contribution is -2.09. The van der Waals surface area contributed by atoms with Gasteiger partial charge in [-0.05, 0) is 84.1 Å². The van der Waals surface area contributed by atoms with E-state index in [2.05, 4.69) is 31.0 Å². The smallest absolute Gasteiger partial charge is 0.341 e. The van der Waals surface area contributed by atoms with Gasteiger partial charge in [0.05, 0.1) is 5.69 Å². The first-order valence-electron chi connectivity index (χ1n) is 9.78. The summed E-state index contributed by atoms with van der Waals surface area (Å²) >= 11 is 0. The first-order valence-corrected chi connectivity index (χ1v) is 9.78. The minimum Gasteiger partial charge on any atom is -0.482 e. The highest BCUT2D eigenvalue weighted by molar-refractivity contribution is 5.85. The maximum absolute atomic E-state index is 10.6. The maximum Gasteiger partial charge on any atom is 0.341 e. The maximum atomic E-state index is 10.6. The molecule has 160 valence electrons. The summed E-state index contributed by atoms with van der Waals surface area (Å²) in [4.78, 5) is 15.1. The van der Waals surface area contributed by atoms with Crippen LogP contribution < -0.4 is 9.47 Å². The molecule has 0 saturated carbocycles. The molecule has 0 aliphatic carbocycles. The summed E-state index contributed by atoms with van der Waals surface area (Å²) < 4.78 is 15.7. The number of carboxylic acids is 1. The van der Waals surface area contributed by atoms with Gasteiger partial charge >= 0.3 is 5.97 Å². The molecular weight excluding hydrogens is 394 g/mol. The molecule has 3 aromatic rings. The number of aliphatic imine (C=N–C) groups is 1. The van der Waals surface area contributed by atoms with Crippen LogP contribution in [0.4, 0.5) is 5.69 Å². The Balaban J connectivity index is 1.77. The van der Waals surface area contributed by atoms with Crippen LogP contribution >= 0.6 is 0 Å². The van der Waals surface area contributed by atoms with Gasteiger partial charge in [-0.3, -0.25) is 4.99 Å². The summed E-state index contributed by atoms with van der Waals surface area (Å²) in [6.07, 6.45) is 1.80. The van der Waals surface area contributed by atoms with Crippen LogP contribution in [0.15, 0.2) is 65.7 Å². The summed E-state index contributed by atoms with van der Waals surface area (Å²) in [7, 11) is 1.60. The molecule has 0 atom stereocenters. The number of methoxy groups -OCH3 is 1. The van der Waals surface area contributed by atoms with Crippen LogP contribution in [0.1, 0.15) is 16.7 Å². The van der Waals surface area contributed by atoms with Crippen molar-refractivity contribution < 1.29 is 24.1 Å². The van der Waals surface area contributed by atoms with E-state index in [0.717, 1.165) is 33.7 Å². The number of nitrogens with zero attached hydrogens (tertiary/aromatic N) is 1. The number of hydrogen-bond donors (Lipinski definition) is 1. The van der Waals surface area contributed by atoms with E-state index in [9.17, 15) is 4.79 Å². The van der Waals surface area contributed by atoms with Crippen LogP contribution in [0.25, 0.3) is 11.1 Å². The number of carbonyl (C=O) groups is 1. The second kappa shape index (κ2) is 10.4. The third-order valence-corrected chi connectivity index (χ3v) is 4.59. The summed E-state index contributed by atoms with van der Waals surface area (Å²) in [5.74, 6) is 0.269. The molecule has 3 aromatic carbocycles. The Kier molecular flexibility index (Phi) is 7.40. The molecule has 0 aromatic heterocycles. The Bertz CT molecular complexity index is 1050. The molecule has 1 N–H and O–H groups in total. The van der Waals surface area contributed by atoms with E-state index in [1.54, 1.807) is 37.6 Å². The first kappa shape index (κ1) is 22.1. The molecule has 6 nitrogen and oxygen atoms in total. The lowest BCUT2D eigenvalue weighted by Gasteiger charge is -2.14. The molecule has 0 bridgehead atoms. The van der Waals surface area contributed by atoms with E-state index in [0.29, 0.717) is 5.75 Å². The largest absolute Gasteiger partial charge is 0.482 e. The van der Waals surface area contributed by atoms with Crippen LogP contribution in [0.3, 0.4) is 0 Å². The summed E-state index contributed by atoms with van der Waals surface area (Å²) in [5.41, 5.74) is 6.24. The van der Waals surface area contributed by atoms with Crippen molar-refractivity contribution in [3.05, 3.63) is 77.4 Å². The van der Waals surface area contributed by atoms with Crippen molar-refractivity contribution in [3.8, 4) is 22.6 Å². The molecule has 0 unspecified atom stereocenters. The Morgan fingerprint density at radius 1 is 0.968 bits per heavy atom. The van der Waals surface area contributed by atoms with Crippen molar-refractivity contribution in [1.29, 1.82) is 0 Å². The predicted molar refractivity (Wildman–Crippen MR) is 121 cm³/mol. The van der Waals surface area contributed by atoms with Crippen LogP contribution in [0.2, 0.25) is 0 Å². The number of aryl methyl sites for hydroxylation is 2. The molecule has 0 aliphatic heterocycles. The molecule has 0 saturated heterocycles. The molecule has 0 fully saturated rings. The van der Waals surface area contributed by atoms with E-state index in [4.69, 9.17) is 19.3 Å². The quantitative estimate of drug-likeness (QED) is 0.383. The Morgan fingerprint density at radius 3 is 2.32 bits per heavy atom. The minimum atomic E-state index is -1.01. The SMILES string of the molecule is COCOc1cc(C)c(-c2cccc(C=Nc3ccc(OCC(=O)O)cc3)c2)c(C)c1. The van der Waals surface area contributed by atoms with Gasteiger partial charge < -0.3 is 19.3 Å². The fraction of sp³-hybridized carbons (Fsp3) is 0.200. The Labute approximate surface area is 181 Å². The van der Waals surface area contributed by atoms with Crippen LogP contribution in [-0.4, -0.2) is 37.8 Å². The highest BCUT2D eigenvalue weighted by Gasteiger charge is 2.09. The van der Waals surface area contributed by atoms with Gasteiger partial charge in [-0.2, -0.15) is 0 Å². The van der Waals surface area contributed by atoms with Gasteiger partial charge in [-0.1, -0.05) is 18.2 Å². The third kappa shape index (κ3) is 6.17. The zero-order valence-electron chi connectivity index (χ0n) is 17.8. The van der Waals surface area contributed by atoms with Crippen molar-refractivity contribution in [1.82, 2.24) is 0 Å². The van der Waals surface area contributed by atoms with Gasteiger partial charge in [0.1, 0.15) is 11.5 Å². The molecule has 31 heavy (non-hydrogen) atoms. The number of benzene rings is 3. The second-order valence-corrected chi connectivity index (χ2v) is 7.04. The third-order valence-electron chi connectivity index (χ3n) is 4.59. The number of hydrogen-bond acceptors (Lipinski definition) is 5. The van der Waals surface area contributed by atoms with Gasteiger partial charge in [0.2, 0.25) is 0 Å². The summed E-state index contributed by atoms with van der Waals surface area (Å²) in [6, 6.07) is 19.2. The van der Waals surface area contributed by atoms with E-state index >= 15 is 0 Å². The molecule has 0 radical (unpaired) electrons. The molecule has 0 heterocycles. The second-order valence-electron chi connectivity index (χ2n) is 7.04. The van der Waals surface area contributed by atoms with Crippen molar-refractivity contribution in [2.24, 2.45) is 4.99 Å². The van der Waals surface area contributed by atoms with Crippen molar-refractivity contribution in [2.75, 3.05) is 20.5 Å². The Hall–Kier alpha value is -3.64. The lowest BCUT2D eigenvalue weighted by molar-refractivity contribution is -0.139. The van der Waals surface area contributed by atoms with E-state index in [1.807, 2.05) is 24.3 Å². The van der Waals surface area contributed by atoms with E-state index < -0.39 is 5.97 Å². The van der Waals surface area contributed by atoms with Crippen molar-refractivity contribution in [2.45, 2.75) is 13.8 Å². The normalized spacial score (nSPS) is 10.9. The number of carboxylic acid groups (broad SMARTS) is 1. The topological polar surface area (TPSA) is 77.3 Å². The highest BCUT2D eigenvalue weighted by Crippen LogP contribution is 2.31.